The van der Waals surface area contributed by atoms with Crippen molar-refractivity contribution in [1.82, 2.24) is 9.88 Å². The van der Waals surface area contributed by atoms with Gasteiger partial charge in [0.05, 0.1) is 5.52 Å². The third kappa shape index (κ3) is 1.45. The Kier molecular flexibility index (Phi) is 2.53. The highest BCUT2D eigenvalue weighted by Gasteiger charge is 2.11. The van der Waals surface area contributed by atoms with Crippen molar-refractivity contribution < 1.29 is 0 Å². The van der Waals surface area contributed by atoms with Crippen molar-refractivity contribution in [3.05, 3.63) is 35.0 Å². The molecule has 0 atom stereocenters. The van der Waals surface area contributed by atoms with Crippen LogP contribution in [0.4, 0.5) is 0 Å². The average Bonchev–Trinajstić information content (AvgIpc) is 2.45. The van der Waals surface area contributed by atoms with Gasteiger partial charge in [-0.1, -0.05) is 18.2 Å². The third-order valence-electron chi connectivity index (χ3n) is 3.16. The second kappa shape index (κ2) is 3.70. The summed E-state index contributed by atoms with van der Waals surface area (Å²) < 4.78 is 2.30. The van der Waals surface area contributed by atoms with Crippen molar-refractivity contribution in [2.45, 2.75) is 20.4 Å². The predicted molar refractivity (Wildman–Crippen MR) is 65.2 cm³/mol. The maximum Gasteiger partial charge on any atom is 0.0512 e. The molecule has 0 radical (unpaired) electrons. The lowest BCUT2D eigenvalue weighted by Gasteiger charge is -2.05. The van der Waals surface area contributed by atoms with E-state index in [1.54, 1.807) is 0 Å². The number of para-hydroxylation sites is 1. The van der Waals surface area contributed by atoms with Crippen molar-refractivity contribution in [2.75, 3.05) is 7.05 Å². The predicted octanol–water partition coefficient (Wildman–Crippen LogP) is 2.51. The van der Waals surface area contributed by atoms with E-state index in [2.05, 4.69) is 49.0 Å². The van der Waals surface area contributed by atoms with Crippen LogP contribution in [-0.2, 0) is 13.6 Å². The van der Waals surface area contributed by atoms with Gasteiger partial charge in [-0.05, 0) is 32.0 Å². The molecular formula is C13H18N2. The summed E-state index contributed by atoms with van der Waals surface area (Å²) in [6.07, 6.45) is 0. The Morgan fingerprint density at radius 2 is 2.00 bits per heavy atom. The van der Waals surface area contributed by atoms with E-state index in [4.69, 9.17) is 0 Å². The van der Waals surface area contributed by atoms with Gasteiger partial charge in [0.25, 0.3) is 0 Å². The fraction of sp³-hybridized carbons (Fsp3) is 0.385. The standard InChI is InChI=1S/C13H18N2/c1-9-6-5-7-11-10(2)12(8-14-3)15(4)13(9)11/h5-7,14H,8H2,1-4H3. The second-order valence-corrected chi connectivity index (χ2v) is 4.13. The van der Waals surface area contributed by atoms with Crippen molar-refractivity contribution in [3.8, 4) is 0 Å². The quantitative estimate of drug-likeness (QED) is 0.791. The maximum absolute atomic E-state index is 3.23. The first-order valence-electron chi connectivity index (χ1n) is 5.35. The molecular weight excluding hydrogens is 184 g/mol. The smallest absolute Gasteiger partial charge is 0.0512 e. The Bertz CT molecular complexity index is 495. The Morgan fingerprint density at radius 3 is 2.60 bits per heavy atom. The highest BCUT2D eigenvalue weighted by molar-refractivity contribution is 5.87. The van der Waals surface area contributed by atoms with Crippen LogP contribution in [0.25, 0.3) is 10.9 Å². The molecule has 0 saturated heterocycles. The molecule has 0 aliphatic carbocycles. The highest BCUT2D eigenvalue weighted by Crippen LogP contribution is 2.26. The maximum atomic E-state index is 3.23. The van der Waals surface area contributed by atoms with E-state index in [0.29, 0.717) is 0 Å². The number of aryl methyl sites for hydroxylation is 3. The molecule has 0 bridgehead atoms. The normalized spacial score (nSPS) is 11.2. The topological polar surface area (TPSA) is 17.0 Å². The van der Waals surface area contributed by atoms with E-state index in [1.165, 1.54) is 27.7 Å². The molecule has 1 aromatic carbocycles. The van der Waals surface area contributed by atoms with Gasteiger partial charge in [-0.3, -0.25) is 0 Å². The Labute approximate surface area is 90.9 Å². The first-order valence-corrected chi connectivity index (χ1v) is 5.35. The molecule has 15 heavy (non-hydrogen) atoms. The van der Waals surface area contributed by atoms with Crippen molar-refractivity contribution in [1.29, 1.82) is 0 Å². The van der Waals surface area contributed by atoms with Gasteiger partial charge in [0.15, 0.2) is 0 Å². The molecule has 0 aliphatic rings. The molecule has 1 N–H and O–H groups in total. The molecule has 0 fully saturated rings. The van der Waals surface area contributed by atoms with E-state index in [9.17, 15) is 0 Å². The lowest BCUT2D eigenvalue weighted by molar-refractivity contribution is 0.739. The van der Waals surface area contributed by atoms with Crippen molar-refractivity contribution >= 4 is 10.9 Å². The minimum absolute atomic E-state index is 0.927. The lowest BCUT2D eigenvalue weighted by atomic mass is 10.1. The van der Waals surface area contributed by atoms with Crippen LogP contribution in [0.1, 0.15) is 16.8 Å². The first-order chi connectivity index (χ1) is 7.16. The number of benzene rings is 1. The van der Waals surface area contributed by atoms with Gasteiger partial charge in [0.1, 0.15) is 0 Å². The van der Waals surface area contributed by atoms with Gasteiger partial charge in [0.2, 0.25) is 0 Å². The summed E-state index contributed by atoms with van der Waals surface area (Å²) in [6.45, 7) is 5.30. The van der Waals surface area contributed by atoms with Crippen LogP contribution >= 0.6 is 0 Å². The molecule has 0 aliphatic heterocycles. The van der Waals surface area contributed by atoms with E-state index in [0.717, 1.165) is 6.54 Å². The van der Waals surface area contributed by atoms with E-state index < -0.39 is 0 Å². The van der Waals surface area contributed by atoms with Gasteiger partial charge < -0.3 is 9.88 Å². The van der Waals surface area contributed by atoms with Crippen molar-refractivity contribution in [2.24, 2.45) is 7.05 Å². The van der Waals surface area contributed by atoms with Crippen LogP contribution in [0.3, 0.4) is 0 Å². The zero-order valence-corrected chi connectivity index (χ0v) is 9.89. The SMILES string of the molecule is CNCc1c(C)c2cccc(C)c2n1C. The number of hydrogen-bond acceptors (Lipinski definition) is 1. The molecule has 2 rings (SSSR count). The van der Waals surface area contributed by atoms with Crippen molar-refractivity contribution in [3.63, 3.8) is 0 Å². The Hall–Kier alpha value is -1.28. The summed E-state index contributed by atoms with van der Waals surface area (Å²) in [7, 11) is 4.14. The Morgan fingerprint density at radius 1 is 1.27 bits per heavy atom. The molecule has 1 heterocycles. The Balaban J connectivity index is 2.79. The minimum Gasteiger partial charge on any atom is -0.346 e. The summed E-state index contributed by atoms with van der Waals surface area (Å²) in [5, 5.41) is 4.60. The molecule has 2 nitrogen and oxygen atoms in total. The number of fused-ring (bicyclic) bond motifs is 1. The number of nitrogens with one attached hydrogen (secondary N) is 1. The van der Waals surface area contributed by atoms with Gasteiger partial charge in [-0.2, -0.15) is 0 Å². The summed E-state index contributed by atoms with van der Waals surface area (Å²) in [5.41, 5.74) is 5.48. The molecule has 0 unspecified atom stereocenters. The first kappa shape index (κ1) is 10.2. The zero-order valence-electron chi connectivity index (χ0n) is 9.89. The highest BCUT2D eigenvalue weighted by atomic mass is 15.0. The summed E-state index contributed by atoms with van der Waals surface area (Å²) >= 11 is 0. The molecule has 2 aromatic rings. The number of aromatic nitrogens is 1. The lowest BCUT2D eigenvalue weighted by Crippen LogP contribution is -2.10. The summed E-state index contributed by atoms with van der Waals surface area (Å²) in [5.74, 6) is 0. The second-order valence-electron chi connectivity index (χ2n) is 4.13. The van der Waals surface area contributed by atoms with Crippen LogP contribution in [0.2, 0.25) is 0 Å². The number of hydrogen-bond donors (Lipinski definition) is 1. The fourth-order valence-corrected chi connectivity index (χ4v) is 2.37. The zero-order chi connectivity index (χ0) is 11.0. The summed E-state index contributed by atoms with van der Waals surface area (Å²) in [6, 6.07) is 6.51. The van der Waals surface area contributed by atoms with E-state index >= 15 is 0 Å². The fourth-order valence-electron chi connectivity index (χ4n) is 2.37. The van der Waals surface area contributed by atoms with E-state index in [1.807, 2.05) is 7.05 Å². The van der Waals surface area contributed by atoms with Crippen LogP contribution in [0.15, 0.2) is 18.2 Å². The minimum atomic E-state index is 0.927. The molecule has 0 spiro atoms. The molecule has 0 amide bonds. The van der Waals surface area contributed by atoms with E-state index in [-0.39, 0.29) is 0 Å². The summed E-state index contributed by atoms with van der Waals surface area (Å²) in [4.78, 5) is 0. The van der Waals surface area contributed by atoms with Gasteiger partial charge in [0, 0.05) is 24.7 Å². The van der Waals surface area contributed by atoms with Gasteiger partial charge in [-0.15, -0.1) is 0 Å². The van der Waals surface area contributed by atoms with Crippen LogP contribution in [0.5, 0.6) is 0 Å². The molecule has 1 aromatic heterocycles. The van der Waals surface area contributed by atoms with Crippen LogP contribution in [-0.4, -0.2) is 11.6 Å². The third-order valence-corrected chi connectivity index (χ3v) is 3.16. The van der Waals surface area contributed by atoms with Gasteiger partial charge in [-0.25, -0.2) is 0 Å². The van der Waals surface area contributed by atoms with Crippen LogP contribution < -0.4 is 5.32 Å². The van der Waals surface area contributed by atoms with Crippen LogP contribution in [0, 0.1) is 13.8 Å². The number of nitrogens with zero attached hydrogens (tertiary/aromatic N) is 1. The molecule has 0 saturated carbocycles. The monoisotopic (exact) mass is 202 g/mol. The molecule has 80 valence electrons. The largest absolute Gasteiger partial charge is 0.346 e. The average molecular weight is 202 g/mol. The number of rotatable bonds is 2. The molecule has 2 heteroatoms. The van der Waals surface area contributed by atoms with Gasteiger partial charge >= 0.3 is 0 Å².